The number of carboxylic acids is 1. The molecule has 19 heavy (non-hydrogen) atoms. The Hall–Kier alpha value is -1.64. The summed E-state index contributed by atoms with van der Waals surface area (Å²) in [5.41, 5.74) is 0. The Balaban J connectivity index is 2.26. The number of hydrogen-bond acceptors (Lipinski definition) is 5. The van der Waals surface area contributed by atoms with E-state index in [1.54, 1.807) is 0 Å². The largest absolute Gasteiger partial charge is 0.477 e. The van der Waals surface area contributed by atoms with Gasteiger partial charge >= 0.3 is 5.97 Å². The molecule has 2 heterocycles. The number of hydrogen-bond donors (Lipinski definition) is 2. The van der Waals surface area contributed by atoms with Crippen LogP contribution < -0.4 is 4.72 Å². The van der Waals surface area contributed by atoms with E-state index in [1.165, 1.54) is 23.7 Å². The minimum absolute atomic E-state index is 0.0514. The van der Waals surface area contributed by atoms with Gasteiger partial charge in [-0.25, -0.2) is 18.2 Å². The van der Waals surface area contributed by atoms with Crippen molar-refractivity contribution in [1.29, 1.82) is 0 Å². The average molecular weight is 319 g/mol. The van der Waals surface area contributed by atoms with Crippen molar-refractivity contribution in [3.05, 3.63) is 39.7 Å². The highest BCUT2D eigenvalue weighted by molar-refractivity contribution is 7.92. The van der Waals surface area contributed by atoms with E-state index in [-0.39, 0.29) is 15.6 Å². The molecule has 0 saturated carbocycles. The van der Waals surface area contributed by atoms with Crippen molar-refractivity contribution in [3.63, 3.8) is 0 Å². The van der Waals surface area contributed by atoms with E-state index >= 15 is 0 Å². The molecule has 0 aliphatic rings. The molecule has 0 unspecified atom stereocenters. The minimum Gasteiger partial charge on any atom is -0.477 e. The first kappa shape index (κ1) is 13.8. The van der Waals surface area contributed by atoms with Gasteiger partial charge in [0.25, 0.3) is 10.0 Å². The number of halogens is 1. The summed E-state index contributed by atoms with van der Waals surface area (Å²) in [5, 5.41) is 10.4. The third-order valence-corrected chi connectivity index (χ3v) is 4.69. The van der Waals surface area contributed by atoms with Crippen LogP contribution in [0.2, 0.25) is 5.02 Å². The summed E-state index contributed by atoms with van der Waals surface area (Å²) in [6.07, 6.45) is 1.30. The summed E-state index contributed by atoms with van der Waals surface area (Å²) in [6, 6.07) is 3.98. The van der Waals surface area contributed by atoms with Crippen molar-refractivity contribution in [2.75, 3.05) is 4.72 Å². The molecule has 0 bridgehead atoms. The topological polar surface area (TPSA) is 96.4 Å². The van der Waals surface area contributed by atoms with Crippen LogP contribution in [0.5, 0.6) is 0 Å². The van der Waals surface area contributed by atoms with Crippen molar-refractivity contribution in [3.8, 4) is 0 Å². The lowest BCUT2D eigenvalue weighted by Crippen LogP contribution is -2.13. The molecule has 2 N–H and O–H groups in total. The maximum Gasteiger partial charge on any atom is 0.345 e. The molecule has 6 nitrogen and oxygen atoms in total. The highest BCUT2D eigenvalue weighted by Gasteiger charge is 2.19. The molecule has 100 valence electrons. The van der Waals surface area contributed by atoms with Crippen molar-refractivity contribution in [1.82, 2.24) is 4.98 Å². The number of nitrogens with zero attached hydrogens (tertiary/aromatic N) is 1. The number of sulfonamides is 1. The van der Waals surface area contributed by atoms with Crippen LogP contribution in [0.3, 0.4) is 0 Å². The number of rotatable bonds is 4. The molecule has 0 radical (unpaired) electrons. The Morgan fingerprint density at radius 1 is 1.42 bits per heavy atom. The van der Waals surface area contributed by atoms with Crippen molar-refractivity contribution < 1.29 is 18.3 Å². The van der Waals surface area contributed by atoms with E-state index in [4.69, 9.17) is 16.7 Å². The van der Waals surface area contributed by atoms with Crippen LogP contribution in [-0.4, -0.2) is 24.5 Å². The zero-order valence-electron chi connectivity index (χ0n) is 9.20. The third kappa shape index (κ3) is 3.22. The Kier molecular flexibility index (Phi) is 3.74. The molecular formula is C10H7ClN2O4S2. The highest BCUT2D eigenvalue weighted by atomic mass is 35.5. The number of carbonyl (C=O) groups is 1. The van der Waals surface area contributed by atoms with E-state index in [2.05, 4.69) is 9.71 Å². The van der Waals surface area contributed by atoms with E-state index in [1.807, 2.05) is 0 Å². The van der Waals surface area contributed by atoms with Gasteiger partial charge in [0.2, 0.25) is 0 Å². The predicted octanol–water partition coefficient (Wildman–Crippen LogP) is 2.30. The van der Waals surface area contributed by atoms with Crippen LogP contribution in [0.15, 0.2) is 34.7 Å². The van der Waals surface area contributed by atoms with Gasteiger partial charge in [-0.1, -0.05) is 11.6 Å². The molecule has 2 aromatic heterocycles. The lowest BCUT2D eigenvalue weighted by atomic mass is 10.5. The van der Waals surface area contributed by atoms with E-state index in [0.717, 1.165) is 17.4 Å². The van der Waals surface area contributed by atoms with Gasteiger partial charge in [-0.15, -0.1) is 11.3 Å². The predicted molar refractivity (Wildman–Crippen MR) is 71.3 cm³/mol. The fraction of sp³-hybridized carbons (Fsp3) is 0. The number of anilines is 1. The minimum atomic E-state index is -3.85. The summed E-state index contributed by atoms with van der Waals surface area (Å²) in [5.74, 6) is -1.07. The molecular weight excluding hydrogens is 312 g/mol. The monoisotopic (exact) mass is 318 g/mol. The number of pyridine rings is 1. The van der Waals surface area contributed by atoms with Crippen LogP contribution >= 0.6 is 22.9 Å². The van der Waals surface area contributed by atoms with E-state index in [0.29, 0.717) is 5.02 Å². The molecule has 0 aliphatic carbocycles. The number of aromatic carboxylic acids is 1. The second kappa shape index (κ2) is 5.16. The first-order valence-corrected chi connectivity index (χ1v) is 7.59. The standard InChI is InChI=1S/C10H7ClN2O4S2/c11-6-1-2-9(12-4-6)13-19(16,17)7-3-8(10(14)15)18-5-7/h1-5H,(H,12,13)(H,14,15). The number of nitrogens with one attached hydrogen (secondary N) is 1. The van der Waals surface area contributed by atoms with Gasteiger partial charge in [-0.3, -0.25) is 4.72 Å². The zero-order chi connectivity index (χ0) is 14.0. The summed E-state index contributed by atoms with van der Waals surface area (Å²) >= 11 is 6.47. The van der Waals surface area contributed by atoms with Gasteiger partial charge in [-0.05, 0) is 18.2 Å². The molecule has 0 atom stereocenters. The molecule has 0 spiro atoms. The number of aromatic nitrogens is 1. The first-order valence-electron chi connectivity index (χ1n) is 4.85. The van der Waals surface area contributed by atoms with Crippen molar-refractivity contribution >= 4 is 44.7 Å². The summed E-state index contributed by atoms with van der Waals surface area (Å²) in [7, 11) is -3.85. The van der Waals surface area contributed by atoms with Gasteiger partial charge in [0.15, 0.2) is 0 Å². The summed E-state index contributed by atoms with van der Waals surface area (Å²) < 4.78 is 26.1. The Morgan fingerprint density at radius 2 is 2.16 bits per heavy atom. The summed E-state index contributed by atoms with van der Waals surface area (Å²) in [4.78, 5) is 14.3. The molecule has 2 aromatic rings. The molecule has 0 fully saturated rings. The second-order valence-electron chi connectivity index (χ2n) is 3.42. The van der Waals surface area contributed by atoms with Gasteiger partial charge < -0.3 is 5.11 Å². The fourth-order valence-electron chi connectivity index (χ4n) is 1.20. The molecule has 0 aliphatic heterocycles. The van der Waals surface area contributed by atoms with Gasteiger partial charge in [0, 0.05) is 11.6 Å². The normalized spacial score (nSPS) is 11.2. The van der Waals surface area contributed by atoms with Gasteiger partial charge in [0.1, 0.15) is 10.7 Å². The maximum atomic E-state index is 12.0. The van der Waals surface area contributed by atoms with Crippen LogP contribution in [0.1, 0.15) is 9.67 Å². The van der Waals surface area contributed by atoms with Crippen LogP contribution in [0.25, 0.3) is 0 Å². The maximum absolute atomic E-state index is 12.0. The van der Waals surface area contributed by atoms with Gasteiger partial charge in [0.05, 0.1) is 9.92 Å². The summed E-state index contributed by atoms with van der Waals surface area (Å²) in [6.45, 7) is 0. The zero-order valence-corrected chi connectivity index (χ0v) is 11.6. The smallest absolute Gasteiger partial charge is 0.345 e. The quantitative estimate of drug-likeness (QED) is 0.901. The van der Waals surface area contributed by atoms with E-state index in [9.17, 15) is 13.2 Å². The molecule has 0 aromatic carbocycles. The van der Waals surface area contributed by atoms with E-state index < -0.39 is 16.0 Å². The first-order chi connectivity index (χ1) is 8.88. The fourth-order valence-corrected chi connectivity index (χ4v) is 3.44. The molecule has 2 rings (SSSR count). The molecule has 0 amide bonds. The Labute approximate surface area is 117 Å². The Morgan fingerprint density at radius 3 is 2.68 bits per heavy atom. The number of thiophene rings is 1. The SMILES string of the molecule is O=C(O)c1cc(S(=O)(=O)Nc2ccc(Cl)cn2)cs1. The van der Waals surface area contributed by atoms with Crippen molar-refractivity contribution in [2.45, 2.75) is 4.90 Å². The third-order valence-electron chi connectivity index (χ3n) is 2.06. The van der Waals surface area contributed by atoms with Crippen LogP contribution in [0.4, 0.5) is 5.82 Å². The van der Waals surface area contributed by atoms with Crippen molar-refractivity contribution in [2.24, 2.45) is 0 Å². The second-order valence-corrected chi connectivity index (χ2v) is 6.45. The van der Waals surface area contributed by atoms with Gasteiger partial charge in [-0.2, -0.15) is 0 Å². The van der Waals surface area contributed by atoms with Crippen LogP contribution in [0, 0.1) is 0 Å². The Bertz CT molecular complexity index is 709. The van der Waals surface area contributed by atoms with Crippen LogP contribution in [-0.2, 0) is 10.0 Å². The number of carboxylic acid groups (broad SMARTS) is 1. The molecule has 9 heteroatoms. The average Bonchev–Trinajstić information content (AvgIpc) is 2.82. The highest BCUT2D eigenvalue weighted by Crippen LogP contribution is 2.21. The lowest BCUT2D eigenvalue weighted by molar-refractivity contribution is 0.0702. The molecule has 0 saturated heterocycles. The lowest BCUT2D eigenvalue weighted by Gasteiger charge is -2.04.